The van der Waals surface area contributed by atoms with Gasteiger partial charge in [0.15, 0.2) is 0 Å². The maximum Gasteiger partial charge on any atom is 0.240 e. The van der Waals surface area contributed by atoms with Crippen LogP contribution in [0.25, 0.3) is 11.0 Å². The summed E-state index contributed by atoms with van der Waals surface area (Å²) in [6.07, 6.45) is 1.08. The second-order valence-corrected chi connectivity index (χ2v) is 6.30. The van der Waals surface area contributed by atoms with Crippen LogP contribution in [0.1, 0.15) is 19.2 Å². The highest BCUT2D eigenvalue weighted by Crippen LogP contribution is 2.18. The Balaban J connectivity index is 0.00000210. The summed E-state index contributed by atoms with van der Waals surface area (Å²) in [5, 5.41) is 6.23. The van der Waals surface area contributed by atoms with Crippen LogP contribution in [0.3, 0.4) is 0 Å². The van der Waals surface area contributed by atoms with Gasteiger partial charge < -0.3 is 19.9 Å². The predicted octanol–water partition coefficient (Wildman–Crippen LogP) is 3.57. The molecule has 1 aromatic heterocycles. The minimum Gasteiger partial charge on any atom is -0.486 e. The summed E-state index contributed by atoms with van der Waals surface area (Å²) in [4.78, 5) is 17.0. The van der Waals surface area contributed by atoms with E-state index in [0.717, 1.165) is 42.1 Å². The summed E-state index contributed by atoms with van der Waals surface area (Å²) in [5.41, 5.74) is 1.80. The number of hydrogen-bond acceptors (Lipinski definition) is 4. The first-order chi connectivity index (χ1) is 13.3. The number of imidazole rings is 1. The van der Waals surface area contributed by atoms with Crippen molar-refractivity contribution in [3.8, 4) is 5.75 Å². The molecular weight excluding hydrogens is 411 g/mol. The largest absolute Gasteiger partial charge is 0.486 e. The van der Waals surface area contributed by atoms with E-state index in [2.05, 4.69) is 22.5 Å². The smallest absolute Gasteiger partial charge is 0.240 e. The van der Waals surface area contributed by atoms with E-state index in [1.54, 1.807) is 0 Å². The molecule has 0 radical (unpaired) electrons. The van der Waals surface area contributed by atoms with Crippen LogP contribution in [-0.4, -0.2) is 35.1 Å². The Morgan fingerprint density at radius 3 is 2.48 bits per heavy atom. The van der Waals surface area contributed by atoms with E-state index in [9.17, 15) is 4.79 Å². The Kier molecular flexibility index (Phi) is 11.1. The van der Waals surface area contributed by atoms with E-state index >= 15 is 0 Å². The Hall–Kier alpha value is -2.28. The third-order valence-electron chi connectivity index (χ3n) is 4.20. The SMILES string of the molecule is CCCNCCNC(=O)Cn1c(COc2ccccc2)nc2ccccc21.Cl.Cl. The Morgan fingerprint density at radius 2 is 1.72 bits per heavy atom. The third kappa shape index (κ3) is 7.24. The summed E-state index contributed by atoms with van der Waals surface area (Å²) in [6.45, 7) is 5.00. The average molecular weight is 439 g/mol. The lowest BCUT2D eigenvalue weighted by Gasteiger charge is -2.11. The number of amides is 1. The van der Waals surface area contributed by atoms with Crippen molar-refractivity contribution >= 4 is 41.8 Å². The number of nitrogens with zero attached hydrogens (tertiary/aromatic N) is 2. The average Bonchev–Trinajstić information content (AvgIpc) is 3.04. The summed E-state index contributed by atoms with van der Waals surface area (Å²) < 4.78 is 7.77. The van der Waals surface area contributed by atoms with Gasteiger partial charge in [-0.3, -0.25) is 4.79 Å². The normalized spacial score (nSPS) is 10.1. The molecule has 0 atom stereocenters. The maximum atomic E-state index is 12.4. The lowest BCUT2D eigenvalue weighted by Crippen LogP contribution is -2.34. The van der Waals surface area contributed by atoms with Gasteiger partial charge >= 0.3 is 0 Å². The standard InChI is InChI=1S/C21H26N4O2.2ClH/c1-2-12-22-13-14-23-21(26)15-25-19-11-7-6-10-18(19)24-20(25)16-27-17-8-4-3-5-9-17;;/h3-11,22H,2,12-16H2,1H3,(H,23,26);2*1H. The molecule has 8 heteroatoms. The molecule has 0 fully saturated rings. The van der Waals surface area contributed by atoms with Crippen LogP contribution < -0.4 is 15.4 Å². The van der Waals surface area contributed by atoms with E-state index in [1.807, 2.05) is 59.2 Å². The molecule has 0 aliphatic rings. The number of fused-ring (bicyclic) bond motifs is 1. The zero-order chi connectivity index (χ0) is 18.9. The molecule has 158 valence electrons. The summed E-state index contributed by atoms with van der Waals surface area (Å²) in [6, 6.07) is 17.4. The molecule has 0 saturated heterocycles. The van der Waals surface area contributed by atoms with Crippen LogP contribution in [0.15, 0.2) is 54.6 Å². The molecular formula is C21H28Cl2N4O2. The van der Waals surface area contributed by atoms with Crippen molar-refractivity contribution in [1.82, 2.24) is 20.2 Å². The number of carbonyl (C=O) groups excluding carboxylic acids is 1. The van der Waals surface area contributed by atoms with Crippen LogP contribution >= 0.6 is 24.8 Å². The molecule has 0 bridgehead atoms. The van der Waals surface area contributed by atoms with Crippen molar-refractivity contribution in [2.24, 2.45) is 0 Å². The van der Waals surface area contributed by atoms with Crippen LogP contribution in [0, 0.1) is 0 Å². The molecule has 0 saturated carbocycles. The lowest BCUT2D eigenvalue weighted by molar-refractivity contribution is -0.121. The van der Waals surface area contributed by atoms with E-state index in [1.165, 1.54) is 0 Å². The molecule has 0 spiro atoms. The first-order valence-electron chi connectivity index (χ1n) is 9.37. The number of rotatable bonds is 10. The van der Waals surface area contributed by atoms with Crippen molar-refractivity contribution in [2.45, 2.75) is 26.5 Å². The Labute approximate surface area is 183 Å². The van der Waals surface area contributed by atoms with Crippen molar-refractivity contribution in [2.75, 3.05) is 19.6 Å². The first-order valence-corrected chi connectivity index (χ1v) is 9.37. The molecule has 0 aliphatic heterocycles. The number of carbonyl (C=O) groups is 1. The van der Waals surface area contributed by atoms with Gasteiger partial charge in [-0.2, -0.15) is 0 Å². The van der Waals surface area contributed by atoms with E-state index in [4.69, 9.17) is 4.74 Å². The molecule has 3 aromatic rings. The topological polar surface area (TPSA) is 68.2 Å². The van der Waals surface area contributed by atoms with Gasteiger partial charge in [0.05, 0.1) is 11.0 Å². The van der Waals surface area contributed by atoms with Gasteiger partial charge in [0.2, 0.25) is 5.91 Å². The number of aromatic nitrogens is 2. The van der Waals surface area contributed by atoms with E-state index < -0.39 is 0 Å². The molecule has 3 rings (SSSR count). The second kappa shape index (κ2) is 13.0. The Bertz CT molecular complexity index is 872. The van der Waals surface area contributed by atoms with Crippen molar-refractivity contribution in [3.63, 3.8) is 0 Å². The fourth-order valence-corrected chi connectivity index (χ4v) is 2.87. The van der Waals surface area contributed by atoms with Crippen LogP contribution in [0.4, 0.5) is 0 Å². The van der Waals surface area contributed by atoms with E-state index in [0.29, 0.717) is 13.2 Å². The van der Waals surface area contributed by atoms with Crippen molar-refractivity contribution in [1.29, 1.82) is 0 Å². The van der Waals surface area contributed by atoms with Gasteiger partial charge in [-0.05, 0) is 37.2 Å². The Morgan fingerprint density at radius 1 is 1.00 bits per heavy atom. The van der Waals surface area contributed by atoms with Gasteiger partial charge in [-0.1, -0.05) is 37.3 Å². The number of hydrogen-bond donors (Lipinski definition) is 2. The molecule has 6 nitrogen and oxygen atoms in total. The van der Waals surface area contributed by atoms with Gasteiger partial charge in [-0.25, -0.2) is 4.98 Å². The van der Waals surface area contributed by atoms with Gasteiger partial charge in [0, 0.05) is 13.1 Å². The molecule has 2 aromatic carbocycles. The number of ether oxygens (including phenoxy) is 1. The number of halogens is 2. The summed E-state index contributed by atoms with van der Waals surface area (Å²) in [7, 11) is 0. The number of nitrogens with one attached hydrogen (secondary N) is 2. The molecule has 2 N–H and O–H groups in total. The summed E-state index contributed by atoms with van der Waals surface area (Å²) >= 11 is 0. The van der Waals surface area contributed by atoms with Gasteiger partial charge in [0.1, 0.15) is 24.7 Å². The van der Waals surface area contributed by atoms with E-state index in [-0.39, 0.29) is 37.3 Å². The maximum absolute atomic E-state index is 12.4. The minimum atomic E-state index is -0.0302. The minimum absolute atomic E-state index is 0. The molecule has 1 amide bonds. The fourth-order valence-electron chi connectivity index (χ4n) is 2.87. The highest BCUT2D eigenvalue weighted by atomic mass is 35.5. The zero-order valence-electron chi connectivity index (χ0n) is 16.5. The molecule has 1 heterocycles. The van der Waals surface area contributed by atoms with Crippen molar-refractivity contribution in [3.05, 3.63) is 60.4 Å². The van der Waals surface area contributed by atoms with Gasteiger partial charge in [0.25, 0.3) is 0 Å². The molecule has 0 unspecified atom stereocenters. The first kappa shape index (κ1) is 24.8. The second-order valence-electron chi connectivity index (χ2n) is 6.30. The lowest BCUT2D eigenvalue weighted by atomic mass is 10.3. The van der Waals surface area contributed by atoms with Crippen LogP contribution in [-0.2, 0) is 17.9 Å². The van der Waals surface area contributed by atoms with Crippen molar-refractivity contribution < 1.29 is 9.53 Å². The molecule has 29 heavy (non-hydrogen) atoms. The monoisotopic (exact) mass is 438 g/mol. The van der Waals surface area contributed by atoms with Crippen LogP contribution in [0.2, 0.25) is 0 Å². The highest BCUT2D eigenvalue weighted by molar-refractivity contribution is 5.85. The molecule has 0 aliphatic carbocycles. The van der Waals surface area contributed by atoms with Gasteiger partial charge in [-0.15, -0.1) is 24.8 Å². The number of para-hydroxylation sites is 3. The van der Waals surface area contributed by atoms with Crippen LogP contribution in [0.5, 0.6) is 5.75 Å². The third-order valence-corrected chi connectivity index (χ3v) is 4.20. The predicted molar refractivity (Wildman–Crippen MR) is 121 cm³/mol. The quantitative estimate of drug-likeness (QED) is 0.474. The number of benzene rings is 2. The highest BCUT2D eigenvalue weighted by Gasteiger charge is 2.14. The fraction of sp³-hybridized carbons (Fsp3) is 0.333. The zero-order valence-corrected chi connectivity index (χ0v) is 18.1. The summed E-state index contributed by atoms with van der Waals surface area (Å²) in [5.74, 6) is 1.49.